The van der Waals surface area contributed by atoms with E-state index in [0.717, 1.165) is 38.5 Å². The van der Waals surface area contributed by atoms with Crippen LogP contribution in [0.25, 0.3) is 0 Å². The van der Waals surface area contributed by atoms with Crippen molar-refractivity contribution in [3.05, 3.63) is 0 Å². The summed E-state index contributed by atoms with van der Waals surface area (Å²) < 4.78 is 0. The highest BCUT2D eigenvalue weighted by Crippen LogP contribution is 2.36. The van der Waals surface area contributed by atoms with Crippen LogP contribution in [-0.4, -0.2) is 33.7 Å². The summed E-state index contributed by atoms with van der Waals surface area (Å²) in [5.74, 6) is -0.421. The van der Waals surface area contributed by atoms with Gasteiger partial charge in [0, 0.05) is 11.5 Å². The number of unbranched alkanes of at least 4 members (excludes halogenated alkanes) is 24. The second kappa shape index (κ2) is 30.7. The lowest BCUT2D eigenvalue weighted by Gasteiger charge is -2.29. The van der Waals surface area contributed by atoms with Gasteiger partial charge in [-0.25, -0.2) is 0 Å². The van der Waals surface area contributed by atoms with Crippen LogP contribution in [0.1, 0.15) is 200 Å². The van der Waals surface area contributed by atoms with Crippen molar-refractivity contribution in [3.63, 3.8) is 0 Å². The molecule has 5 heteroatoms. The SMILES string of the molecule is CCCCCCCCCCCCCCCCCCC(CCCCCCCCCCCC)(CSCCC(=O)O)C(=O)O. The fourth-order valence-electron chi connectivity index (χ4n) is 5.93. The average Bonchev–Trinajstić information content (AvgIpc) is 2.95. The molecule has 1 atom stereocenters. The van der Waals surface area contributed by atoms with E-state index in [2.05, 4.69) is 13.8 Å². The summed E-state index contributed by atoms with van der Waals surface area (Å²) in [5, 5.41) is 19.3. The van der Waals surface area contributed by atoms with Crippen LogP contribution >= 0.6 is 11.8 Å². The summed E-state index contributed by atoms with van der Waals surface area (Å²) in [6, 6.07) is 0. The van der Waals surface area contributed by atoms with E-state index < -0.39 is 17.4 Å². The first-order valence-electron chi connectivity index (χ1n) is 18.0. The number of aliphatic carboxylic acids is 2. The molecule has 0 amide bonds. The fraction of sp³-hybridized carbons (Fsp3) is 0.944. The van der Waals surface area contributed by atoms with Crippen LogP contribution in [0.15, 0.2) is 0 Å². The molecule has 0 radical (unpaired) electrons. The molecule has 4 nitrogen and oxygen atoms in total. The van der Waals surface area contributed by atoms with E-state index in [1.54, 1.807) is 0 Å². The Bertz CT molecular complexity index is 582. The highest BCUT2D eigenvalue weighted by Gasteiger charge is 2.37. The van der Waals surface area contributed by atoms with Gasteiger partial charge in [-0.05, 0) is 12.8 Å². The van der Waals surface area contributed by atoms with Gasteiger partial charge in [-0.2, -0.15) is 11.8 Å². The molecule has 0 heterocycles. The Morgan fingerprint density at radius 3 is 1.05 bits per heavy atom. The third-order valence-corrected chi connectivity index (χ3v) is 10.1. The van der Waals surface area contributed by atoms with Crippen molar-refractivity contribution in [3.8, 4) is 0 Å². The summed E-state index contributed by atoms with van der Waals surface area (Å²) in [4.78, 5) is 23.4. The first-order chi connectivity index (χ1) is 20.0. The van der Waals surface area contributed by atoms with Gasteiger partial charge in [0.05, 0.1) is 11.8 Å². The first kappa shape index (κ1) is 40.3. The molecule has 0 spiro atoms. The maximum absolute atomic E-state index is 12.5. The Morgan fingerprint density at radius 1 is 0.488 bits per heavy atom. The molecule has 0 aliphatic carbocycles. The van der Waals surface area contributed by atoms with Gasteiger partial charge >= 0.3 is 11.9 Å². The number of hydrogen-bond acceptors (Lipinski definition) is 3. The van der Waals surface area contributed by atoms with Crippen molar-refractivity contribution in [1.29, 1.82) is 0 Å². The van der Waals surface area contributed by atoms with Gasteiger partial charge in [-0.15, -0.1) is 0 Å². The van der Waals surface area contributed by atoms with Crippen molar-refractivity contribution in [2.75, 3.05) is 11.5 Å². The van der Waals surface area contributed by atoms with E-state index in [4.69, 9.17) is 5.11 Å². The normalized spacial score (nSPS) is 12.9. The summed E-state index contributed by atoms with van der Waals surface area (Å²) in [6.07, 6.45) is 35.3. The molecule has 0 bridgehead atoms. The second-order valence-corrected chi connectivity index (χ2v) is 13.9. The third kappa shape index (κ3) is 26.6. The number of carboxylic acids is 2. The zero-order valence-corrected chi connectivity index (χ0v) is 28.4. The highest BCUT2D eigenvalue weighted by molar-refractivity contribution is 7.99. The van der Waals surface area contributed by atoms with Crippen LogP contribution in [0.3, 0.4) is 0 Å². The fourth-order valence-corrected chi connectivity index (χ4v) is 7.20. The Labute approximate surface area is 260 Å². The minimum absolute atomic E-state index is 0.109. The van der Waals surface area contributed by atoms with Gasteiger partial charge in [0.2, 0.25) is 0 Å². The predicted molar refractivity (Wildman–Crippen MR) is 180 cm³/mol. The van der Waals surface area contributed by atoms with Crippen molar-refractivity contribution < 1.29 is 19.8 Å². The van der Waals surface area contributed by atoms with E-state index in [9.17, 15) is 14.7 Å². The molecule has 0 fully saturated rings. The van der Waals surface area contributed by atoms with Crippen LogP contribution in [0.5, 0.6) is 0 Å². The van der Waals surface area contributed by atoms with Gasteiger partial charge in [0.15, 0.2) is 0 Å². The lowest BCUT2D eigenvalue weighted by molar-refractivity contribution is -0.148. The number of carboxylic acid groups (broad SMARTS) is 2. The van der Waals surface area contributed by atoms with Crippen LogP contribution in [0.2, 0.25) is 0 Å². The molecule has 0 saturated carbocycles. The predicted octanol–water partition coefficient (Wildman–Crippen LogP) is 12.2. The van der Waals surface area contributed by atoms with Crippen LogP contribution in [0.4, 0.5) is 0 Å². The zero-order valence-electron chi connectivity index (χ0n) is 27.5. The standard InChI is InChI=1S/C36H70O4S/c1-3-5-7-9-11-13-15-16-17-18-19-20-22-24-26-28-31-36(35(39)40,33-41-32-29-34(37)38)30-27-25-23-21-14-12-10-8-6-4-2/h3-33H2,1-2H3,(H,37,38)(H,39,40). The largest absolute Gasteiger partial charge is 0.481 e. The summed E-state index contributed by atoms with van der Waals surface area (Å²) in [6.45, 7) is 4.53. The molecule has 244 valence electrons. The summed E-state index contributed by atoms with van der Waals surface area (Å²) in [5.41, 5.74) is -0.695. The van der Waals surface area contributed by atoms with E-state index in [-0.39, 0.29) is 6.42 Å². The van der Waals surface area contributed by atoms with Crippen LogP contribution in [-0.2, 0) is 9.59 Å². The third-order valence-electron chi connectivity index (χ3n) is 8.81. The van der Waals surface area contributed by atoms with Crippen molar-refractivity contribution in [2.45, 2.75) is 200 Å². The molecule has 0 aliphatic rings. The van der Waals surface area contributed by atoms with E-state index in [0.29, 0.717) is 11.5 Å². The quantitative estimate of drug-likeness (QED) is 0.0721. The lowest BCUT2D eigenvalue weighted by atomic mass is 9.79. The molecule has 0 aromatic carbocycles. The van der Waals surface area contributed by atoms with E-state index in [1.807, 2.05) is 0 Å². The molecule has 0 saturated heterocycles. The van der Waals surface area contributed by atoms with Crippen LogP contribution in [0, 0.1) is 5.41 Å². The van der Waals surface area contributed by atoms with Gasteiger partial charge in [0.25, 0.3) is 0 Å². The Balaban J connectivity index is 4.15. The summed E-state index contributed by atoms with van der Waals surface area (Å²) >= 11 is 1.52. The Morgan fingerprint density at radius 2 is 0.780 bits per heavy atom. The van der Waals surface area contributed by atoms with Crippen molar-refractivity contribution >= 4 is 23.7 Å². The molecule has 1 unspecified atom stereocenters. The smallest absolute Gasteiger partial charge is 0.310 e. The molecular weight excluding hydrogens is 528 g/mol. The molecule has 0 aromatic rings. The van der Waals surface area contributed by atoms with Gasteiger partial charge in [-0.1, -0.05) is 181 Å². The van der Waals surface area contributed by atoms with E-state index in [1.165, 1.54) is 153 Å². The molecule has 0 rings (SSSR count). The minimum atomic E-state index is -0.800. The molecule has 2 N–H and O–H groups in total. The first-order valence-corrected chi connectivity index (χ1v) is 19.2. The number of carbonyl (C=O) groups is 2. The molecular formula is C36H70O4S. The topological polar surface area (TPSA) is 74.6 Å². The highest BCUT2D eigenvalue weighted by atomic mass is 32.2. The number of thioether (sulfide) groups is 1. The van der Waals surface area contributed by atoms with E-state index >= 15 is 0 Å². The lowest BCUT2D eigenvalue weighted by Crippen LogP contribution is -2.34. The van der Waals surface area contributed by atoms with Gasteiger partial charge in [0.1, 0.15) is 0 Å². The minimum Gasteiger partial charge on any atom is -0.481 e. The van der Waals surface area contributed by atoms with Gasteiger partial charge < -0.3 is 10.2 Å². The summed E-state index contributed by atoms with van der Waals surface area (Å²) in [7, 11) is 0. The molecule has 0 aliphatic heterocycles. The zero-order chi connectivity index (χ0) is 30.3. The number of hydrogen-bond donors (Lipinski definition) is 2. The van der Waals surface area contributed by atoms with Crippen molar-refractivity contribution in [1.82, 2.24) is 0 Å². The van der Waals surface area contributed by atoms with Crippen molar-refractivity contribution in [2.24, 2.45) is 5.41 Å². The van der Waals surface area contributed by atoms with Gasteiger partial charge in [-0.3, -0.25) is 9.59 Å². The monoisotopic (exact) mass is 598 g/mol. The Hall–Kier alpha value is -0.710. The average molecular weight is 599 g/mol. The second-order valence-electron chi connectivity index (χ2n) is 12.8. The Kier molecular flexibility index (Phi) is 30.2. The van der Waals surface area contributed by atoms with Crippen LogP contribution < -0.4 is 0 Å². The number of rotatable bonds is 34. The molecule has 0 aromatic heterocycles. The maximum atomic E-state index is 12.5. The molecule has 41 heavy (non-hydrogen) atoms. The maximum Gasteiger partial charge on any atom is 0.310 e.